The van der Waals surface area contributed by atoms with E-state index in [4.69, 9.17) is 4.74 Å². The van der Waals surface area contributed by atoms with E-state index in [2.05, 4.69) is 32.6 Å². The Morgan fingerprint density at radius 1 is 1.39 bits per heavy atom. The van der Waals surface area contributed by atoms with Crippen LogP contribution in [0.2, 0.25) is 0 Å². The number of ether oxygens (including phenoxy) is 1. The molecule has 2 rings (SSSR count). The van der Waals surface area contributed by atoms with Crippen LogP contribution in [0, 0.1) is 3.57 Å². The molecule has 0 aromatic carbocycles. The molecule has 0 aliphatic heterocycles. The molecule has 0 bridgehead atoms. The van der Waals surface area contributed by atoms with Crippen molar-refractivity contribution in [3.05, 3.63) is 25.4 Å². The maximum absolute atomic E-state index is 12.0. The molecule has 1 saturated carbocycles. The number of halogens is 1. The zero-order valence-electron chi connectivity index (χ0n) is 10.9. The van der Waals surface area contributed by atoms with Gasteiger partial charge in [0.15, 0.2) is 0 Å². The number of methoxy groups -OCH3 is 1. The Bertz CT molecular complexity index is 478. The fraction of sp³-hybridized carbons (Fsp3) is 0.692. The summed E-state index contributed by atoms with van der Waals surface area (Å²) in [7, 11) is 1.72. The molecular formula is C13H19IN2O2. The van der Waals surface area contributed by atoms with Crippen LogP contribution < -0.4 is 5.56 Å². The molecule has 0 amide bonds. The highest BCUT2D eigenvalue weighted by Gasteiger charge is 2.36. The van der Waals surface area contributed by atoms with Crippen molar-refractivity contribution in [3.8, 4) is 0 Å². The molecule has 1 aromatic rings. The average Bonchev–Trinajstić information content (AvgIpc) is 2.42. The van der Waals surface area contributed by atoms with Crippen LogP contribution >= 0.6 is 22.6 Å². The van der Waals surface area contributed by atoms with E-state index in [1.165, 1.54) is 6.42 Å². The lowest BCUT2D eigenvalue weighted by Gasteiger charge is -2.35. The van der Waals surface area contributed by atoms with Crippen LogP contribution in [0.3, 0.4) is 0 Å². The van der Waals surface area contributed by atoms with E-state index in [1.54, 1.807) is 7.11 Å². The van der Waals surface area contributed by atoms with Gasteiger partial charge >= 0.3 is 0 Å². The van der Waals surface area contributed by atoms with Crippen LogP contribution in [0.4, 0.5) is 0 Å². The molecule has 0 atom stereocenters. The number of nitrogens with zero attached hydrogens (tertiary/aromatic N) is 1. The van der Waals surface area contributed by atoms with Crippen molar-refractivity contribution in [2.75, 3.05) is 7.11 Å². The van der Waals surface area contributed by atoms with Gasteiger partial charge in [-0.15, -0.1) is 0 Å². The van der Waals surface area contributed by atoms with Crippen molar-refractivity contribution in [1.29, 1.82) is 0 Å². The Kier molecular flexibility index (Phi) is 4.42. The predicted octanol–water partition coefficient (Wildman–Crippen LogP) is 2.74. The van der Waals surface area contributed by atoms with E-state index in [1.807, 2.05) is 6.92 Å². The minimum absolute atomic E-state index is 0.0422. The molecular weight excluding hydrogens is 343 g/mol. The number of aromatic nitrogens is 2. The Morgan fingerprint density at radius 2 is 2.06 bits per heavy atom. The van der Waals surface area contributed by atoms with Gasteiger partial charge in [0.05, 0.1) is 9.26 Å². The molecule has 1 aliphatic carbocycles. The van der Waals surface area contributed by atoms with Crippen molar-refractivity contribution in [3.63, 3.8) is 0 Å². The van der Waals surface area contributed by atoms with E-state index in [0.717, 1.165) is 37.8 Å². The first kappa shape index (κ1) is 14.0. The fourth-order valence-electron chi connectivity index (χ4n) is 2.62. The number of rotatable bonds is 3. The van der Waals surface area contributed by atoms with Gasteiger partial charge in [-0.2, -0.15) is 0 Å². The SMILES string of the molecule is CCc1nc(C2(OC)CCCCC2)[nH]c(=O)c1I. The molecule has 1 aromatic heterocycles. The molecule has 1 N–H and O–H groups in total. The molecule has 0 saturated heterocycles. The second kappa shape index (κ2) is 5.69. The molecule has 0 radical (unpaired) electrons. The summed E-state index contributed by atoms with van der Waals surface area (Å²) in [6, 6.07) is 0. The van der Waals surface area contributed by atoms with Crippen molar-refractivity contribution in [2.24, 2.45) is 0 Å². The third-order valence-corrected chi connectivity index (χ3v) is 4.86. The van der Waals surface area contributed by atoms with Gasteiger partial charge in [0.1, 0.15) is 11.4 Å². The first-order valence-electron chi connectivity index (χ1n) is 6.47. The summed E-state index contributed by atoms with van der Waals surface area (Å²) in [4.78, 5) is 19.5. The largest absolute Gasteiger partial charge is 0.370 e. The van der Waals surface area contributed by atoms with Gasteiger partial charge in [0.25, 0.3) is 5.56 Å². The molecule has 0 unspecified atom stereocenters. The maximum Gasteiger partial charge on any atom is 0.264 e. The van der Waals surface area contributed by atoms with Gasteiger partial charge in [-0.1, -0.05) is 26.2 Å². The molecule has 1 fully saturated rings. The third-order valence-electron chi connectivity index (χ3n) is 3.75. The van der Waals surface area contributed by atoms with Crippen LogP contribution in [0.1, 0.15) is 50.5 Å². The summed E-state index contributed by atoms with van der Waals surface area (Å²) >= 11 is 2.06. The first-order chi connectivity index (χ1) is 8.63. The summed E-state index contributed by atoms with van der Waals surface area (Å²) in [5.74, 6) is 0.715. The first-order valence-corrected chi connectivity index (χ1v) is 7.55. The number of hydrogen-bond acceptors (Lipinski definition) is 3. The van der Waals surface area contributed by atoms with Gasteiger partial charge in [0, 0.05) is 7.11 Å². The lowest BCUT2D eigenvalue weighted by molar-refractivity contribution is -0.0518. The Hall–Kier alpha value is -0.430. The zero-order chi connectivity index (χ0) is 13.2. The summed E-state index contributed by atoms with van der Waals surface area (Å²) in [6.45, 7) is 2.02. The molecule has 4 nitrogen and oxygen atoms in total. The van der Waals surface area contributed by atoms with E-state index in [9.17, 15) is 4.79 Å². The topological polar surface area (TPSA) is 55.0 Å². The number of H-pyrrole nitrogens is 1. The highest BCUT2D eigenvalue weighted by Crippen LogP contribution is 2.38. The van der Waals surface area contributed by atoms with Gasteiger partial charge in [-0.25, -0.2) is 4.98 Å². The standard InChI is InChI=1S/C13H19IN2O2/c1-3-9-10(14)11(17)16-12(15-9)13(18-2)7-5-4-6-8-13/h3-8H2,1-2H3,(H,15,16,17). The van der Waals surface area contributed by atoms with E-state index < -0.39 is 0 Å². The monoisotopic (exact) mass is 362 g/mol. The number of aromatic amines is 1. The summed E-state index contributed by atoms with van der Waals surface area (Å²) in [5.41, 5.74) is 0.446. The number of hydrogen-bond donors (Lipinski definition) is 1. The number of nitrogens with one attached hydrogen (secondary N) is 1. The lowest BCUT2D eigenvalue weighted by atomic mass is 9.84. The van der Waals surface area contributed by atoms with Crippen LogP contribution in [-0.4, -0.2) is 17.1 Å². The second-order valence-electron chi connectivity index (χ2n) is 4.79. The van der Waals surface area contributed by atoms with E-state index in [0.29, 0.717) is 9.39 Å². The Morgan fingerprint density at radius 3 is 2.61 bits per heavy atom. The highest BCUT2D eigenvalue weighted by atomic mass is 127. The lowest BCUT2D eigenvalue weighted by Crippen LogP contribution is -2.36. The zero-order valence-corrected chi connectivity index (χ0v) is 13.0. The highest BCUT2D eigenvalue weighted by molar-refractivity contribution is 14.1. The van der Waals surface area contributed by atoms with Crippen LogP contribution in [0.25, 0.3) is 0 Å². The Balaban J connectivity index is 2.48. The maximum atomic E-state index is 12.0. The summed E-state index contributed by atoms with van der Waals surface area (Å²) in [5, 5.41) is 0. The molecule has 18 heavy (non-hydrogen) atoms. The molecule has 0 spiro atoms. The van der Waals surface area contributed by atoms with Gasteiger partial charge in [0.2, 0.25) is 0 Å². The third kappa shape index (κ3) is 2.47. The minimum Gasteiger partial charge on any atom is -0.370 e. The average molecular weight is 362 g/mol. The van der Waals surface area contributed by atoms with Gasteiger partial charge < -0.3 is 9.72 Å². The van der Waals surface area contributed by atoms with E-state index >= 15 is 0 Å². The summed E-state index contributed by atoms with van der Waals surface area (Å²) < 4.78 is 6.42. The van der Waals surface area contributed by atoms with Crippen molar-refractivity contribution < 1.29 is 4.74 Å². The van der Waals surface area contributed by atoms with Crippen molar-refractivity contribution in [2.45, 2.75) is 51.0 Å². The summed E-state index contributed by atoms with van der Waals surface area (Å²) in [6.07, 6.45) is 6.15. The second-order valence-corrected chi connectivity index (χ2v) is 5.87. The minimum atomic E-state index is -0.383. The van der Waals surface area contributed by atoms with Gasteiger partial charge in [-0.05, 0) is 41.9 Å². The fourth-order valence-corrected chi connectivity index (χ4v) is 3.25. The van der Waals surface area contributed by atoms with Crippen molar-refractivity contribution >= 4 is 22.6 Å². The van der Waals surface area contributed by atoms with E-state index in [-0.39, 0.29) is 11.2 Å². The van der Waals surface area contributed by atoms with Gasteiger partial charge in [-0.3, -0.25) is 4.79 Å². The predicted molar refractivity (Wildman–Crippen MR) is 78.7 cm³/mol. The smallest absolute Gasteiger partial charge is 0.264 e. The molecule has 100 valence electrons. The Labute approximate surface area is 121 Å². The number of aryl methyl sites for hydroxylation is 1. The van der Waals surface area contributed by atoms with Crippen LogP contribution in [0.5, 0.6) is 0 Å². The van der Waals surface area contributed by atoms with Crippen LogP contribution in [-0.2, 0) is 16.8 Å². The normalized spacial score (nSPS) is 18.8. The van der Waals surface area contributed by atoms with Crippen molar-refractivity contribution in [1.82, 2.24) is 9.97 Å². The molecule has 1 aliphatic rings. The molecule has 5 heteroatoms. The van der Waals surface area contributed by atoms with Crippen LogP contribution in [0.15, 0.2) is 4.79 Å². The molecule has 1 heterocycles. The quantitative estimate of drug-likeness (QED) is 0.842.